The molecule has 0 unspecified atom stereocenters. The third-order valence-corrected chi connectivity index (χ3v) is 5.35. The first kappa shape index (κ1) is 25.4. The molecule has 0 amide bonds. The molecule has 0 atom stereocenters. The lowest BCUT2D eigenvalue weighted by molar-refractivity contribution is -0.688. The fourth-order valence-electron chi connectivity index (χ4n) is 3.37. The van der Waals surface area contributed by atoms with E-state index in [1.807, 2.05) is 60.9 Å². The molecule has 6 nitrogen and oxygen atoms in total. The lowest BCUT2D eigenvalue weighted by Gasteiger charge is -2.10. The van der Waals surface area contributed by atoms with Crippen molar-refractivity contribution in [2.24, 2.45) is 0 Å². The predicted octanol–water partition coefficient (Wildman–Crippen LogP) is 2.05. The summed E-state index contributed by atoms with van der Waals surface area (Å²) in [5.41, 5.74) is 4.03. The van der Waals surface area contributed by atoms with Gasteiger partial charge in [0.05, 0.1) is 13.3 Å². The molecule has 8 heteroatoms. The normalized spacial score (nSPS) is 10.3. The van der Waals surface area contributed by atoms with Gasteiger partial charge >= 0.3 is 0 Å². The Balaban J connectivity index is 0.00000324. The second kappa shape index (κ2) is 12.3. The maximum atomic E-state index is 5.98. The van der Waals surface area contributed by atoms with Crippen molar-refractivity contribution >= 4 is 23.0 Å². The first-order valence-electron chi connectivity index (χ1n) is 10.9. The van der Waals surface area contributed by atoms with Crippen LogP contribution in [0.5, 0.6) is 5.75 Å². The monoisotopic (exact) mass is 538 g/mol. The van der Waals surface area contributed by atoms with E-state index in [2.05, 4.69) is 39.2 Å². The Morgan fingerprint density at radius 3 is 2.53 bits per heavy atom. The molecule has 0 spiro atoms. The summed E-state index contributed by atoms with van der Waals surface area (Å²) in [7, 11) is 1.65. The highest BCUT2D eigenvalue weighted by Gasteiger charge is 2.11. The van der Waals surface area contributed by atoms with Crippen LogP contribution in [0.25, 0.3) is 22.8 Å². The van der Waals surface area contributed by atoms with Gasteiger partial charge in [0.15, 0.2) is 29.8 Å². The van der Waals surface area contributed by atoms with Crippen LogP contribution in [0.3, 0.4) is 0 Å². The highest BCUT2D eigenvalue weighted by atomic mass is 79.9. The number of oxazole rings is 1. The Hall–Kier alpha value is -3.23. The number of nitrogens with zero attached hydrogens (tertiary/aromatic N) is 2. The topological polar surface area (TPSA) is 63.2 Å². The number of aromatic nitrogens is 2. The SMILES string of the molecule is CCCNC(=S)Nc1cccc(C[n+]2ccc(-c3ncc(-c4ccc(OC)cc4)o3)cc2)c1.[Br-]. The first-order valence-corrected chi connectivity index (χ1v) is 11.3. The molecule has 0 saturated heterocycles. The molecule has 2 aromatic heterocycles. The lowest BCUT2D eigenvalue weighted by atomic mass is 10.2. The summed E-state index contributed by atoms with van der Waals surface area (Å²) in [6, 6.07) is 20.0. The smallest absolute Gasteiger partial charge is 0.227 e. The Morgan fingerprint density at radius 2 is 1.82 bits per heavy atom. The molecule has 2 heterocycles. The summed E-state index contributed by atoms with van der Waals surface area (Å²) < 4.78 is 13.3. The van der Waals surface area contributed by atoms with Gasteiger partial charge in [-0.1, -0.05) is 19.1 Å². The maximum absolute atomic E-state index is 5.98. The van der Waals surface area contributed by atoms with E-state index in [1.165, 1.54) is 5.56 Å². The fourth-order valence-corrected chi connectivity index (χ4v) is 3.59. The molecule has 0 bridgehead atoms. The molecule has 2 aromatic carbocycles. The maximum Gasteiger partial charge on any atom is 0.227 e. The summed E-state index contributed by atoms with van der Waals surface area (Å²) in [5.74, 6) is 2.12. The van der Waals surface area contributed by atoms with Crippen molar-refractivity contribution in [3.8, 4) is 28.5 Å². The Morgan fingerprint density at radius 1 is 1.06 bits per heavy atom. The quantitative estimate of drug-likeness (QED) is 0.264. The lowest BCUT2D eigenvalue weighted by Crippen LogP contribution is -3.00. The van der Waals surface area contributed by atoms with E-state index < -0.39 is 0 Å². The van der Waals surface area contributed by atoms with Gasteiger partial charge in [-0.15, -0.1) is 0 Å². The first-order chi connectivity index (χ1) is 16.1. The highest BCUT2D eigenvalue weighted by molar-refractivity contribution is 7.80. The van der Waals surface area contributed by atoms with Crippen LogP contribution in [0.4, 0.5) is 5.69 Å². The number of hydrogen-bond donors (Lipinski definition) is 2. The second-order valence-electron chi connectivity index (χ2n) is 7.60. The summed E-state index contributed by atoms with van der Waals surface area (Å²) in [6.45, 7) is 3.72. The van der Waals surface area contributed by atoms with Gasteiger partial charge < -0.3 is 36.8 Å². The Bertz CT molecular complexity index is 1210. The molecule has 34 heavy (non-hydrogen) atoms. The van der Waals surface area contributed by atoms with Gasteiger partial charge in [-0.05, 0) is 55.0 Å². The predicted molar refractivity (Wildman–Crippen MR) is 134 cm³/mol. The minimum atomic E-state index is 0. The Kier molecular flexibility index (Phi) is 9.18. The minimum Gasteiger partial charge on any atom is -1.00 e. The third kappa shape index (κ3) is 6.65. The van der Waals surface area contributed by atoms with Crippen LogP contribution < -0.4 is 36.9 Å². The van der Waals surface area contributed by atoms with Crippen molar-refractivity contribution in [1.82, 2.24) is 10.3 Å². The van der Waals surface area contributed by atoms with E-state index in [0.717, 1.165) is 47.8 Å². The van der Waals surface area contributed by atoms with Crippen molar-refractivity contribution in [3.63, 3.8) is 0 Å². The number of anilines is 1. The number of methoxy groups -OCH3 is 1. The molecule has 0 saturated carbocycles. The third-order valence-electron chi connectivity index (χ3n) is 5.10. The average molecular weight is 539 g/mol. The number of pyridine rings is 1. The van der Waals surface area contributed by atoms with Gasteiger partial charge in [-0.2, -0.15) is 0 Å². The molecule has 176 valence electrons. The van der Waals surface area contributed by atoms with Crippen LogP contribution in [0.2, 0.25) is 0 Å². The Labute approximate surface area is 215 Å². The summed E-state index contributed by atoms with van der Waals surface area (Å²) in [6.07, 6.45) is 6.83. The molecule has 4 aromatic rings. The number of thiocarbonyl (C=S) groups is 1. The molecule has 0 aliphatic rings. The minimum absolute atomic E-state index is 0. The van der Waals surface area contributed by atoms with Crippen LogP contribution in [0, 0.1) is 0 Å². The van der Waals surface area contributed by atoms with Crippen molar-refractivity contribution in [2.45, 2.75) is 19.9 Å². The number of hydrogen-bond acceptors (Lipinski definition) is 4. The van der Waals surface area contributed by atoms with Crippen LogP contribution in [-0.2, 0) is 6.54 Å². The van der Waals surface area contributed by atoms with Gasteiger partial charge in [-0.3, -0.25) is 0 Å². The fraction of sp³-hybridized carbons (Fsp3) is 0.192. The van der Waals surface area contributed by atoms with E-state index in [-0.39, 0.29) is 17.0 Å². The van der Waals surface area contributed by atoms with Crippen molar-refractivity contribution in [2.75, 3.05) is 19.0 Å². The van der Waals surface area contributed by atoms with E-state index in [4.69, 9.17) is 21.4 Å². The van der Waals surface area contributed by atoms with Crippen LogP contribution in [-0.4, -0.2) is 23.8 Å². The number of ether oxygens (including phenoxy) is 1. The molecular weight excluding hydrogens is 512 g/mol. The van der Waals surface area contributed by atoms with Crippen molar-refractivity contribution in [1.29, 1.82) is 0 Å². The van der Waals surface area contributed by atoms with E-state index in [9.17, 15) is 0 Å². The number of halogens is 1. The van der Waals surface area contributed by atoms with E-state index >= 15 is 0 Å². The standard InChI is InChI=1S/C26H26N4O2S.BrH/c1-3-13-27-26(33)29-22-6-4-5-19(16-22)18-30-14-11-21(12-15-30)25-28-17-24(32-25)20-7-9-23(31-2)10-8-20;/h4-12,14-17H,3,13,18H2,1-2H3,(H-,27,29,33);1H. The van der Waals surface area contributed by atoms with Gasteiger partial charge in [0, 0.05) is 41.1 Å². The highest BCUT2D eigenvalue weighted by Crippen LogP contribution is 2.27. The van der Waals surface area contributed by atoms with Crippen LogP contribution >= 0.6 is 12.2 Å². The van der Waals surface area contributed by atoms with Gasteiger partial charge in [0.2, 0.25) is 5.89 Å². The molecule has 0 aliphatic heterocycles. The number of rotatable bonds is 8. The van der Waals surface area contributed by atoms with Crippen molar-refractivity contribution in [3.05, 3.63) is 84.8 Å². The molecule has 0 radical (unpaired) electrons. The molecular formula is C26H27BrN4O2S. The molecule has 0 fully saturated rings. The number of benzene rings is 2. The van der Waals surface area contributed by atoms with Crippen LogP contribution in [0.15, 0.2) is 83.7 Å². The summed E-state index contributed by atoms with van der Waals surface area (Å²) in [4.78, 5) is 4.45. The van der Waals surface area contributed by atoms with Gasteiger partial charge in [0.25, 0.3) is 0 Å². The zero-order valence-corrected chi connectivity index (χ0v) is 21.5. The number of nitrogens with one attached hydrogen (secondary N) is 2. The molecule has 4 rings (SSSR count). The average Bonchev–Trinajstić information content (AvgIpc) is 3.34. The van der Waals surface area contributed by atoms with Crippen LogP contribution in [0.1, 0.15) is 18.9 Å². The zero-order valence-electron chi connectivity index (χ0n) is 19.1. The van der Waals surface area contributed by atoms with Crippen molar-refractivity contribution < 1.29 is 30.7 Å². The molecule has 2 N–H and O–H groups in total. The summed E-state index contributed by atoms with van der Waals surface area (Å²) >= 11 is 5.33. The molecule has 0 aliphatic carbocycles. The second-order valence-corrected chi connectivity index (χ2v) is 8.01. The van der Waals surface area contributed by atoms with Gasteiger partial charge in [0.1, 0.15) is 5.75 Å². The summed E-state index contributed by atoms with van der Waals surface area (Å²) in [5, 5.41) is 7.07. The zero-order chi connectivity index (χ0) is 23.0. The van der Waals surface area contributed by atoms with Gasteiger partial charge in [-0.25, -0.2) is 9.55 Å². The largest absolute Gasteiger partial charge is 1.00 e. The van der Waals surface area contributed by atoms with E-state index in [0.29, 0.717) is 11.0 Å². The van der Waals surface area contributed by atoms with E-state index in [1.54, 1.807) is 13.3 Å².